The van der Waals surface area contributed by atoms with Crippen molar-refractivity contribution in [1.29, 1.82) is 0 Å². The smallest absolute Gasteiger partial charge is 0.294 e. The molecule has 2 N–H and O–H groups in total. The molecular formula is C19H21F2N5O2S. The summed E-state index contributed by atoms with van der Waals surface area (Å²) in [6.07, 6.45) is 2.07. The van der Waals surface area contributed by atoms with Crippen LogP contribution in [0.1, 0.15) is 28.9 Å². The van der Waals surface area contributed by atoms with Gasteiger partial charge in [-0.1, -0.05) is 0 Å². The van der Waals surface area contributed by atoms with Crippen LogP contribution >= 0.6 is 12.2 Å². The molecule has 29 heavy (non-hydrogen) atoms. The van der Waals surface area contributed by atoms with Gasteiger partial charge in [0, 0.05) is 32.3 Å². The van der Waals surface area contributed by atoms with Gasteiger partial charge in [0.2, 0.25) is 0 Å². The third-order valence-electron chi connectivity index (χ3n) is 4.94. The number of rotatable bonds is 3. The SMILES string of the molecule is Cn1nc(C(=O)N(N)C(=S)N2CCC(Cc3cc(F)cc(F)c3)CC2)ccc1=O. The van der Waals surface area contributed by atoms with Crippen LogP contribution in [0.4, 0.5) is 8.78 Å². The van der Waals surface area contributed by atoms with Gasteiger partial charge < -0.3 is 4.90 Å². The minimum atomic E-state index is -0.608. The van der Waals surface area contributed by atoms with E-state index in [2.05, 4.69) is 5.10 Å². The number of piperidine rings is 1. The number of amides is 1. The van der Waals surface area contributed by atoms with Crippen LogP contribution in [-0.2, 0) is 13.5 Å². The average molecular weight is 421 g/mol. The van der Waals surface area contributed by atoms with Crippen molar-refractivity contribution in [2.45, 2.75) is 19.3 Å². The Morgan fingerprint density at radius 1 is 1.24 bits per heavy atom. The Morgan fingerprint density at radius 2 is 1.86 bits per heavy atom. The Morgan fingerprint density at radius 3 is 2.45 bits per heavy atom. The Kier molecular flexibility index (Phi) is 6.33. The molecule has 3 rings (SSSR count). The number of likely N-dealkylation sites (tertiary alicyclic amines) is 1. The summed E-state index contributed by atoms with van der Waals surface area (Å²) in [5.41, 5.74) is 0.299. The Hall–Kier alpha value is -2.72. The molecule has 0 radical (unpaired) electrons. The number of hydrogen-bond acceptors (Lipinski definition) is 5. The number of halogens is 2. The molecule has 1 fully saturated rings. The van der Waals surface area contributed by atoms with E-state index >= 15 is 0 Å². The van der Waals surface area contributed by atoms with Gasteiger partial charge in [0.1, 0.15) is 11.6 Å². The fraction of sp³-hybridized carbons (Fsp3) is 0.368. The zero-order chi connectivity index (χ0) is 21.1. The molecule has 0 atom stereocenters. The number of benzene rings is 1. The van der Waals surface area contributed by atoms with Crippen molar-refractivity contribution in [2.75, 3.05) is 13.1 Å². The standard InChI is InChI=1S/C19H21F2N5O2S/c1-24-17(27)3-2-16(23-24)18(28)26(22)19(29)25-6-4-12(5-7-25)8-13-9-14(20)11-15(21)10-13/h2-3,9-12H,4-8,22H2,1H3. The van der Waals surface area contributed by atoms with Crippen molar-refractivity contribution < 1.29 is 13.6 Å². The minimum Gasteiger partial charge on any atom is -0.348 e. The van der Waals surface area contributed by atoms with E-state index in [0.29, 0.717) is 25.1 Å². The van der Waals surface area contributed by atoms with Gasteiger partial charge >= 0.3 is 0 Å². The monoisotopic (exact) mass is 421 g/mol. The van der Waals surface area contributed by atoms with Crippen molar-refractivity contribution in [1.82, 2.24) is 19.7 Å². The fourth-order valence-electron chi connectivity index (χ4n) is 3.37. The lowest BCUT2D eigenvalue weighted by Gasteiger charge is -2.35. The quantitative estimate of drug-likeness (QED) is 0.351. The number of aromatic nitrogens is 2. The van der Waals surface area contributed by atoms with E-state index in [1.54, 1.807) is 0 Å². The van der Waals surface area contributed by atoms with E-state index in [1.807, 2.05) is 4.90 Å². The average Bonchev–Trinajstić information content (AvgIpc) is 2.68. The number of nitrogens with two attached hydrogens (primary N) is 1. The second-order valence-corrected chi connectivity index (χ2v) is 7.42. The molecular weight excluding hydrogens is 400 g/mol. The van der Waals surface area contributed by atoms with Crippen LogP contribution in [0.15, 0.2) is 35.1 Å². The molecule has 0 unspecified atom stereocenters. The van der Waals surface area contributed by atoms with Crippen molar-refractivity contribution in [3.05, 3.63) is 63.6 Å². The fourth-order valence-corrected chi connectivity index (χ4v) is 3.64. The van der Waals surface area contributed by atoms with E-state index in [9.17, 15) is 18.4 Å². The Balaban J connectivity index is 1.58. The zero-order valence-corrected chi connectivity index (χ0v) is 16.7. The molecule has 1 aliphatic rings. The van der Waals surface area contributed by atoms with Crippen LogP contribution in [-0.4, -0.2) is 43.8 Å². The summed E-state index contributed by atoms with van der Waals surface area (Å²) in [4.78, 5) is 25.7. The van der Waals surface area contributed by atoms with Gasteiger partial charge in [-0.25, -0.2) is 24.3 Å². The molecule has 1 aromatic heterocycles. The highest BCUT2D eigenvalue weighted by Crippen LogP contribution is 2.23. The number of aryl methyl sites for hydroxylation is 1. The van der Waals surface area contributed by atoms with E-state index in [0.717, 1.165) is 28.6 Å². The van der Waals surface area contributed by atoms with Gasteiger partial charge in [0.15, 0.2) is 10.8 Å². The first-order valence-corrected chi connectivity index (χ1v) is 9.53. The first-order valence-electron chi connectivity index (χ1n) is 9.12. The van der Waals surface area contributed by atoms with Crippen LogP contribution in [0.25, 0.3) is 0 Å². The Bertz CT molecular complexity index is 969. The molecule has 1 amide bonds. The van der Waals surface area contributed by atoms with Crippen LogP contribution in [0, 0.1) is 17.6 Å². The molecule has 1 aliphatic heterocycles. The largest absolute Gasteiger partial charge is 0.348 e. The summed E-state index contributed by atoms with van der Waals surface area (Å²) in [7, 11) is 1.44. The maximum Gasteiger partial charge on any atom is 0.294 e. The molecule has 1 saturated heterocycles. The summed E-state index contributed by atoms with van der Waals surface area (Å²) >= 11 is 5.34. The molecule has 7 nitrogen and oxygen atoms in total. The molecule has 0 spiro atoms. The van der Waals surface area contributed by atoms with Crippen molar-refractivity contribution in [3.8, 4) is 0 Å². The lowest BCUT2D eigenvalue weighted by Crippen LogP contribution is -2.52. The van der Waals surface area contributed by atoms with Crippen LogP contribution in [0.2, 0.25) is 0 Å². The number of thiocarbonyl (C=S) groups is 1. The van der Waals surface area contributed by atoms with Gasteiger partial charge in [0.05, 0.1) is 0 Å². The number of nitrogens with zero attached hydrogens (tertiary/aromatic N) is 4. The molecule has 1 aromatic carbocycles. The first kappa shape index (κ1) is 21.0. The molecule has 0 aliphatic carbocycles. The minimum absolute atomic E-state index is 0.0139. The normalized spacial score (nSPS) is 14.7. The molecule has 0 saturated carbocycles. The summed E-state index contributed by atoms with van der Waals surface area (Å²) in [6.45, 7) is 1.14. The highest BCUT2D eigenvalue weighted by atomic mass is 32.1. The summed E-state index contributed by atoms with van der Waals surface area (Å²) < 4.78 is 27.8. The zero-order valence-electron chi connectivity index (χ0n) is 15.8. The lowest BCUT2D eigenvalue weighted by atomic mass is 9.90. The summed E-state index contributed by atoms with van der Waals surface area (Å²) in [5, 5.41) is 4.91. The first-order chi connectivity index (χ1) is 13.7. The van der Waals surface area contributed by atoms with Gasteiger partial charge in [-0.3, -0.25) is 9.59 Å². The van der Waals surface area contributed by atoms with Crippen molar-refractivity contribution in [3.63, 3.8) is 0 Å². The van der Waals surface area contributed by atoms with Crippen LogP contribution in [0.5, 0.6) is 0 Å². The highest BCUT2D eigenvalue weighted by molar-refractivity contribution is 7.80. The third kappa shape index (κ3) is 5.01. The van der Waals surface area contributed by atoms with Crippen LogP contribution < -0.4 is 11.4 Å². The lowest BCUT2D eigenvalue weighted by molar-refractivity contribution is 0.0821. The van der Waals surface area contributed by atoms with E-state index in [4.69, 9.17) is 18.1 Å². The predicted molar refractivity (Wildman–Crippen MR) is 107 cm³/mol. The number of carbonyl (C=O) groups is 1. The number of hydrazine groups is 1. The Labute approximate surface area is 171 Å². The molecule has 0 bridgehead atoms. The van der Waals surface area contributed by atoms with Gasteiger partial charge in [-0.2, -0.15) is 5.10 Å². The molecule has 2 heterocycles. The summed E-state index contributed by atoms with van der Waals surface area (Å²) in [5.74, 6) is 4.38. The van der Waals surface area contributed by atoms with Crippen molar-refractivity contribution >= 4 is 23.2 Å². The molecule has 154 valence electrons. The van der Waals surface area contributed by atoms with Gasteiger partial charge in [-0.15, -0.1) is 0 Å². The number of hydrogen-bond donors (Lipinski definition) is 1. The van der Waals surface area contributed by atoms with Crippen LogP contribution in [0.3, 0.4) is 0 Å². The second-order valence-electron chi connectivity index (χ2n) is 7.05. The maximum absolute atomic E-state index is 13.4. The third-order valence-corrected chi connectivity index (χ3v) is 5.39. The van der Waals surface area contributed by atoms with Gasteiger partial charge in [-0.05, 0) is 61.2 Å². The summed E-state index contributed by atoms with van der Waals surface area (Å²) in [6, 6.07) is 6.09. The molecule has 10 heteroatoms. The maximum atomic E-state index is 13.4. The topological polar surface area (TPSA) is 84.5 Å². The van der Waals surface area contributed by atoms with Gasteiger partial charge in [0.25, 0.3) is 11.5 Å². The molecule has 2 aromatic rings. The highest BCUT2D eigenvalue weighted by Gasteiger charge is 2.27. The second kappa shape index (κ2) is 8.75. The van der Waals surface area contributed by atoms with E-state index in [-0.39, 0.29) is 22.3 Å². The van der Waals surface area contributed by atoms with Crippen molar-refractivity contribution in [2.24, 2.45) is 18.8 Å². The predicted octanol–water partition coefficient (Wildman–Crippen LogP) is 1.61. The van der Waals surface area contributed by atoms with E-state index in [1.165, 1.54) is 31.3 Å². The number of carbonyl (C=O) groups excluding carboxylic acids is 1. The van der Waals surface area contributed by atoms with E-state index < -0.39 is 17.5 Å².